The number of aryl methyl sites for hydroxylation is 2. The normalized spacial score (nSPS) is 16.2. The van der Waals surface area contributed by atoms with Crippen LogP contribution >= 0.6 is 11.3 Å². The number of ketones is 1. The summed E-state index contributed by atoms with van der Waals surface area (Å²) in [5, 5.41) is 11.9. The van der Waals surface area contributed by atoms with Gasteiger partial charge in [0.05, 0.1) is 42.8 Å². The van der Waals surface area contributed by atoms with E-state index in [0.717, 1.165) is 17.8 Å². The van der Waals surface area contributed by atoms with Crippen molar-refractivity contribution in [2.45, 2.75) is 47.1 Å². The van der Waals surface area contributed by atoms with E-state index in [4.69, 9.17) is 14.2 Å². The van der Waals surface area contributed by atoms with Gasteiger partial charge in [-0.15, -0.1) is 0 Å². The number of rotatable bonds is 10. The second-order valence-corrected chi connectivity index (χ2v) is 10.7. The van der Waals surface area contributed by atoms with Gasteiger partial charge in [-0.25, -0.2) is 14.8 Å². The molecule has 0 radical (unpaired) electrons. The Hall–Kier alpha value is -4.71. The molecule has 11 nitrogen and oxygen atoms in total. The number of esters is 1. The third kappa shape index (κ3) is 5.34. The van der Waals surface area contributed by atoms with Gasteiger partial charge in [0.25, 0.3) is 5.78 Å². The van der Waals surface area contributed by atoms with Crippen molar-refractivity contribution in [3.8, 4) is 11.5 Å². The standard InChI is InChI=1S/C31H32N4O7S/c1-6-15-42-20-13-12-19(16-21(20)40-7-2)25-23(26(36)24-17(4)32-22-11-9-10-14-34(22)24)27(37)29(38)35(25)31-33-18(5)28(43-31)30(39)41-8-3/h9-14,16,25,36H,6-8,15H2,1-5H3. The highest BCUT2D eigenvalue weighted by atomic mass is 32.1. The van der Waals surface area contributed by atoms with Crippen molar-refractivity contribution in [1.29, 1.82) is 0 Å². The fourth-order valence-corrected chi connectivity index (χ4v) is 6.02. The van der Waals surface area contributed by atoms with Gasteiger partial charge in [0.2, 0.25) is 0 Å². The van der Waals surface area contributed by atoms with Crippen LogP contribution in [0.5, 0.6) is 11.5 Å². The van der Waals surface area contributed by atoms with Crippen LogP contribution < -0.4 is 14.4 Å². The molecular formula is C31H32N4O7S. The fraction of sp³-hybridized carbons (Fsp3) is 0.323. The van der Waals surface area contributed by atoms with Gasteiger partial charge in [0.15, 0.2) is 22.4 Å². The van der Waals surface area contributed by atoms with E-state index in [-0.39, 0.29) is 33.6 Å². The number of amides is 1. The zero-order valence-electron chi connectivity index (χ0n) is 24.5. The van der Waals surface area contributed by atoms with Crippen molar-refractivity contribution in [1.82, 2.24) is 14.4 Å². The van der Waals surface area contributed by atoms with Crippen LogP contribution in [0.2, 0.25) is 0 Å². The molecule has 1 fully saturated rings. The lowest BCUT2D eigenvalue weighted by molar-refractivity contribution is -0.132. The van der Waals surface area contributed by atoms with Crippen LogP contribution in [0.15, 0.2) is 48.2 Å². The number of aliphatic hydroxyl groups is 1. The molecule has 1 atom stereocenters. The van der Waals surface area contributed by atoms with E-state index in [0.29, 0.717) is 47.3 Å². The number of aliphatic hydroxyl groups excluding tert-OH is 1. The maximum absolute atomic E-state index is 13.8. The van der Waals surface area contributed by atoms with Crippen molar-refractivity contribution in [2.75, 3.05) is 24.7 Å². The fourth-order valence-electron chi connectivity index (χ4n) is 5.04. The van der Waals surface area contributed by atoms with Crippen molar-refractivity contribution in [2.24, 2.45) is 0 Å². The Kier molecular flexibility index (Phi) is 8.49. The summed E-state index contributed by atoms with van der Waals surface area (Å²) in [6, 6.07) is 9.39. The Labute approximate surface area is 252 Å². The van der Waals surface area contributed by atoms with Gasteiger partial charge in [0.1, 0.15) is 16.2 Å². The van der Waals surface area contributed by atoms with E-state index in [2.05, 4.69) is 9.97 Å². The maximum Gasteiger partial charge on any atom is 0.350 e. The highest BCUT2D eigenvalue weighted by molar-refractivity contribution is 7.17. The second-order valence-electron chi connectivity index (χ2n) is 9.76. The Morgan fingerprint density at radius 3 is 2.51 bits per heavy atom. The Bertz CT molecular complexity index is 1760. The number of thiazole rings is 1. The monoisotopic (exact) mass is 604 g/mol. The molecule has 1 N–H and O–H groups in total. The number of nitrogens with zero attached hydrogens (tertiary/aromatic N) is 4. The van der Waals surface area contributed by atoms with Crippen molar-refractivity contribution >= 4 is 45.5 Å². The van der Waals surface area contributed by atoms with Crippen molar-refractivity contribution < 1.29 is 33.7 Å². The lowest BCUT2D eigenvalue weighted by atomic mass is 9.96. The molecule has 4 heterocycles. The number of hydrogen-bond donors (Lipinski definition) is 1. The SMILES string of the molecule is CCCOc1ccc(C2C(=C(O)c3c(C)nc4ccccn34)C(=O)C(=O)N2c2nc(C)c(C(=O)OCC)s2)cc1OCC. The summed E-state index contributed by atoms with van der Waals surface area (Å²) < 4.78 is 18.6. The summed E-state index contributed by atoms with van der Waals surface area (Å²) in [7, 11) is 0. The third-order valence-corrected chi connectivity index (χ3v) is 8.01. The number of anilines is 1. The molecular weight excluding hydrogens is 572 g/mol. The molecule has 0 spiro atoms. The van der Waals surface area contributed by atoms with Crippen LogP contribution in [-0.4, -0.2) is 57.0 Å². The molecule has 0 bridgehead atoms. The van der Waals surface area contributed by atoms with Gasteiger partial charge >= 0.3 is 11.9 Å². The van der Waals surface area contributed by atoms with Crippen LogP contribution in [0.4, 0.5) is 5.13 Å². The number of ether oxygens (including phenoxy) is 3. The molecule has 1 saturated heterocycles. The second kappa shape index (κ2) is 12.3. The molecule has 3 aromatic heterocycles. The van der Waals surface area contributed by atoms with Gasteiger partial charge < -0.3 is 19.3 Å². The average Bonchev–Trinajstić information content (AvgIpc) is 3.62. The maximum atomic E-state index is 13.8. The summed E-state index contributed by atoms with van der Waals surface area (Å²) in [6.07, 6.45) is 2.51. The van der Waals surface area contributed by atoms with E-state index >= 15 is 0 Å². The van der Waals surface area contributed by atoms with Crippen LogP contribution in [0.3, 0.4) is 0 Å². The molecule has 1 aromatic carbocycles. The minimum Gasteiger partial charge on any atom is -0.505 e. The number of hydrogen-bond acceptors (Lipinski definition) is 10. The van der Waals surface area contributed by atoms with Gasteiger partial charge in [-0.05, 0) is 63.9 Å². The molecule has 43 heavy (non-hydrogen) atoms. The topological polar surface area (TPSA) is 133 Å². The number of carbonyl (C=O) groups is 3. The summed E-state index contributed by atoms with van der Waals surface area (Å²) in [6.45, 7) is 9.86. The molecule has 1 aliphatic rings. The van der Waals surface area contributed by atoms with Gasteiger partial charge in [0, 0.05) is 6.20 Å². The summed E-state index contributed by atoms with van der Waals surface area (Å²) in [5.41, 5.74) is 2.02. The minimum absolute atomic E-state index is 0.117. The zero-order valence-corrected chi connectivity index (χ0v) is 25.4. The first kappa shape index (κ1) is 29.8. The summed E-state index contributed by atoms with van der Waals surface area (Å²) in [5.74, 6) is -1.82. The number of imidazole rings is 1. The van der Waals surface area contributed by atoms with E-state index < -0.39 is 23.7 Å². The lowest BCUT2D eigenvalue weighted by Gasteiger charge is -2.24. The molecule has 4 aromatic rings. The third-order valence-electron chi connectivity index (χ3n) is 6.87. The molecule has 0 aliphatic carbocycles. The average molecular weight is 605 g/mol. The molecule has 224 valence electrons. The Balaban J connectivity index is 1.75. The Morgan fingerprint density at radius 2 is 1.79 bits per heavy atom. The molecule has 1 aliphatic heterocycles. The lowest BCUT2D eigenvalue weighted by Crippen LogP contribution is -2.29. The van der Waals surface area contributed by atoms with Crippen LogP contribution in [-0.2, 0) is 14.3 Å². The predicted octanol–water partition coefficient (Wildman–Crippen LogP) is 5.40. The quantitative estimate of drug-likeness (QED) is 0.109. The molecule has 12 heteroatoms. The molecule has 0 saturated carbocycles. The summed E-state index contributed by atoms with van der Waals surface area (Å²) in [4.78, 5) is 50.6. The zero-order chi connectivity index (χ0) is 30.8. The van der Waals surface area contributed by atoms with Gasteiger partial charge in [-0.3, -0.25) is 18.9 Å². The first-order valence-corrected chi connectivity index (χ1v) is 14.8. The first-order valence-electron chi connectivity index (χ1n) is 14.0. The highest BCUT2D eigenvalue weighted by Crippen LogP contribution is 2.46. The Morgan fingerprint density at radius 1 is 1.00 bits per heavy atom. The first-order chi connectivity index (χ1) is 20.7. The number of fused-ring (bicyclic) bond motifs is 1. The van der Waals surface area contributed by atoms with Crippen LogP contribution in [0.25, 0.3) is 11.4 Å². The predicted molar refractivity (Wildman–Crippen MR) is 161 cm³/mol. The van der Waals surface area contributed by atoms with Crippen molar-refractivity contribution in [3.05, 3.63) is 75.7 Å². The van der Waals surface area contributed by atoms with E-state index in [1.165, 1.54) is 4.90 Å². The van der Waals surface area contributed by atoms with Gasteiger partial charge in [-0.1, -0.05) is 30.4 Å². The molecule has 1 unspecified atom stereocenters. The smallest absolute Gasteiger partial charge is 0.350 e. The minimum atomic E-state index is -1.10. The van der Waals surface area contributed by atoms with Crippen molar-refractivity contribution in [3.63, 3.8) is 0 Å². The highest BCUT2D eigenvalue weighted by Gasteiger charge is 2.49. The molecule has 1 amide bonds. The summed E-state index contributed by atoms with van der Waals surface area (Å²) >= 11 is 0.944. The number of Topliss-reactive ketones (excluding diaryl/α,β-unsaturated/α-hetero) is 1. The van der Waals surface area contributed by atoms with Gasteiger partial charge in [-0.2, -0.15) is 0 Å². The van der Waals surface area contributed by atoms with Crippen LogP contribution in [0, 0.1) is 13.8 Å². The van der Waals surface area contributed by atoms with E-state index in [1.807, 2.05) is 19.9 Å². The van der Waals surface area contributed by atoms with Crippen LogP contribution in [0.1, 0.15) is 65.6 Å². The number of benzene rings is 1. The molecule has 5 rings (SSSR count). The number of aromatic nitrogens is 3. The van der Waals surface area contributed by atoms with E-state index in [9.17, 15) is 19.5 Å². The number of carbonyl (C=O) groups excluding carboxylic acids is 3. The number of pyridine rings is 1. The largest absolute Gasteiger partial charge is 0.505 e. The van der Waals surface area contributed by atoms with E-state index in [1.54, 1.807) is 61.7 Å².